The van der Waals surface area contributed by atoms with Gasteiger partial charge in [-0.25, -0.2) is 13.1 Å². The Morgan fingerprint density at radius 3 is 2.56 bits per heavy atom. The molecule has 0 saturated heterocycles. The van der Waals surface area contributed by atoms with Gasteiger partial charge in [0, 0.05) is 11.8 Å². The highest BCUT2D eigenvalue weighted by Crippen LogP contribution is 2.16. The van der Waals surface area contributed by atoms with Gasteiger partial charge in [-0.05, 0) is 42.0 Å². The Bertz CT molecular complexity index is 1030. The average Bonchev–Trinajstić information content (AvgIpc) is 3.20. The Labute approximate surface area is 157 Å². The minimum atomic E-state index is -3.73. The molecule has 0 aliphatic heterocycles. The first kappa shape index (κ1) is 18.6. The van der Waals surface area contributed by atoms with Crippen LogP contribution in [0.5, 0.6) is 0 Å². The molecular formula is C20H18N2O4S. The highest BCUT2D eigenvalue weighted by atomic mass is 32.2. The van der Waals surface area contributed by atoms with Gasteiger partial charge in [-0.3, -0.25) is 4.79 Å². The number of hydrogen-bond donors (Lipinski definition) is 2. The number of carbonyl (C=O) groups is 1. The monoisotopic (exact) mass is 382 g/mol. The summed E-state index contributed by atoms with van der Waals surface area (Å²) in [6, 6.07) is 18.8. The second kappa shape index (κ2) is 8.48. The molecule has 3 aromatic rings. The second-order valence-corrected chi connectivity index (χ2v) is 7.43. The summed E-state index contributed by atoms with van der Waals surface area (Å²) in [7, 11) is -3.73. The number of amides is 1. The van der Waals surface area contributed by atoms with E-state index in [4.69, 9.17) is 4.42 Å². The van der Waals surface area contributed by atoms with Crippen molar-refractivity contribution in [2.45, 2.75) is 11.4 Å². The summed E-state index contributed by atoms with van der Waals surface area (Å²) >= 11 is 0. The molecule has 1 amide bonds. The lowest BCUT2D eigenvalue weighted by molar-refractivity contribution is -0.111. The molecule has 27 heavy (non-hydrogen) atoms. The molecule has 0 atom stereocenters. The van der Waals surface area contributed by atoms with Crippen LogP contribution in [0.3, 0.4) is 0 Å². The highest BCUT2D eigenvalue weighted by Gasteiger charge is 2.15. The number of carbonyl (C=O) groups excluding carboxylic acids is 1. The number of benzene rings is 2. The molecule has 2 N–H and O–H groups in total. The van der Waals surface area contributed by atoms with Gasteiger partial charge in [-0.2, -0.15) is 0 Å². The number of anilines is 1. The summed E-state index contributed by atoms with van der Waals surface area (Å²) in [5.41, 5.74) is 1.28. The molecule has 0 radical (unpaired) electrons. The Balaban J connectivity index is 1.65. The van der Waals surface area contributed by atoms with Crippen LogP contribution in [0.2, 0.25) is 0 Å². The van der Waals surface area contributed by atoms with E-state index in [0.717, 1.165) is 5.56 Å². The van der Waals surface area contributed by atoms with Crippen molar-refractivity contribution in [1.29, 1.82) is 0 Å². The smallest absolute Gasteiger partial charge is 0.248 e. The molecule has 2 aromatic carbocycles. The molecular weight excluding hydrogens is 364 g/mol. The van der Waals surface area contributed by atoms with Crippen molar-refractivity contribution < 1.29 is 17.6 Å². The zero-order chi connectivity index (χ0) is 19.1. The molecule has 0 aliphatic carbocycles. The number of hydrogen-bond acceptors (Lipinski definition) is 4. The number of rotatable bonds is 7. The van der Waals surface area contributed by atoms with E-state index < -0.39 is 10.0 Å². The Morgan fingerprint density at radius 1 is 1.00 bits per heavy atom. The molecule has 0 unspecified atom stereocenters. The van der Waals surface area contributed by atoms with Crippen LogP contribution in [0.4, 0.5) is 5.69 Å². The molecule has 0 fully saturated rings. The van der Waals surface area contributed by atoms with Crippen molar-refractivity contribution in [3.05, 3.63) is 90.4 Å². The zero-order valence-electron chi connectivity index (χ0n) is 14.3. The standard InChI is InChI=1S/C20H18N2O4S/c23-20(12-11-16-6-2-1-3-7-16)22-17-8-4-10-19(14-17)27(24,25)21-15-18-9-5-13-26-18/h1-14,21H,15H2,(H,22,23)/b12-11+. The third-order valence-corrected chi connectivity index (χ3v) is 5.05. The lowest BCUT2D eigenvalue weighted by Crippen LogP contribution is -2.23. The summed E-state index contributed by atoms with van der Waals surface area (Å²) in [6.07, 6.45) is 4.55. The fourth-order valence-corrected chi connectivity index (χ4v) is 3.36. The Morgan fingerprint density at radius 2 is 1.81 bits per heavy atom. The lowest BCUT2D eigenvalue weighted by atomic mass is 10.2. The quantitative estimate of drug-likeness (QED) is 0.613. The van der Waals surface area contributed by atoms with E-state index in [2.05, 4.69) is 10.0 Å². The van der Waals surface area contributed by atoms with Gasteiger partial charge in [-0.15, -0.1) is 0 Å². The van der Waals surface area contributed by atoms with Crippen molar-refractivity contribution in [2.24, 2.45) is 0 Å². The van der Waals surface area contributed by atoms with Crippen LogP contribution in [0.1, 0.15) is 11.3 Å². The fourth-order valence-electron chi connectivity index (χ4n) is 2.32. The molecule has 1 heterocycles. The summed E-state index contributed by atoms with van der Waals surface area (Å²) in [5, 5.41) is 2.66. The van der Waals surface area contributed by atoms with Gasteiger partial charge in [0.05, 0.1) is 17.7 Å². The van der Waals surface area contributed by atoms with Gasteiger partial charge < -0.3 is 9.73 Å². The third-order valence-electron chi connectivity index (χ3n) is 3.66. The molecule has 0 bridgehead atoms. The minimum absolute atomic E-state index is 0.0474. The van der Waals surface area contributed by atoms with Crippen LogP contribution < -0.4 is 10.0 Å². The van der Waals surface area contributed by atoms with Crippen LogP contribution in [0.25, 0.3) is 6.08 Å². The first-order valence-corrected chi connectivity index (χ1v) is 9.67. The summed E-state index contributed by atoms with van der Waals surface area (Å²) in [6.45, 7) is 0.0474. The molecule has 0 spiro atoms. The zero-order valence-corrected chi connectivity index (χ0v) is 15.1. The van der Waals surface area contributed by atoms with Crippen molar-refractivity contribution >= 4 is 27.7 Å². The number of sulfonamides is 1. The van der Waals surface area contributed by atoms with E-state index in [0.29, 0.717) is 11.4 Å². The molecule has 1 aromatic heterocycles. The average molecular weight is 382 g/mol. The van der Waals surface area contributed by atoms with E-state index in [9.17, 15) is 13.2 Å². The van der Waals surface area contributed by atoms with Crippen molar-refractivity contribution in [3.8, 4) is 0 Å². The van der Waals surface area contributed by atoms with E-state index >= 15 is 0 Å². The molecule has 7 heteroatoms. The minimum Gasteiger partial charge on any atom is -0.468 e. The first-order chi connectivity index (χ1) is 13.0. The van der Waals surface area contributed by atoms with Crippen LogP contribution >= 0.6 is 0 Å². The van der Waals surface area contributed by atoms with Gasteiger partial charge in [0.2, 0.25) is 15.9 Å². The van der Waals surface area contributed by atoms with Crippen molar-refractivity contribution in [1.82, 2.24) is 4.72 Å². The summed E-state index contributed by atoms with van der Waals surface area (Å²) < 4.78 is 32.4. The van der Waals surface area contributed by atoms with E-state index in [-0.39, 0.29) is 17.3 Å². The van der Waals surface area contributed by atoms with E-state index in [1.165, 1.54) is 24.5 Å². The van der Waals surface area contributed by atoms with Gasteiger partial charge in [-0.1, -0.05) is 36.4 Å². The number of furan rings is 1. The molecule has 6 nitrogen and oxygen atoms in total. The summed E-state index contributed by atoms with van der Waals surface area (Å²) in [5.74, 6) is 0.158. The lowest BCUT2D eigenvalue weighted by Gasteiger charge is -2.08. The fraction of sp³-hybridized carbons (Fsp3) is 0.0500. The van der Waals surface area contributed by atoms with E-state index in [1.54, 1.807) is 30.3 Å². The van der Waals surface area contributed by atoms with Crippen molar-refractivity contribution in [3.63, 3.8) is 0 Å². The Hall–Kier alpha value is -3.16. The predicted octanol–water partition coefficient (Wildman–Crippen LogP) is 3.41. The molecule has 3 rings (SSSR count). The van der Waals surface area contributed by atoms with E-state index in [1.807, 2.05) is 30.3 Å². The van der Waals surface area contributed by atoms with Gasteiger partial charge in [0.15, 0.2) is 0 Å². The third kappa shape index (κ3) is 5.40. The number of nitrogens with one attached hydrogen (secondary N) is 2. The summed E-state index contributed by atoms with van der Waals surface area (Å²) in [4.78, 5) is 12.1. The first-order valence-electron chi connectivity index (χ1n) is 8.19. The van der Waals surface area contributed by atoms with Crippen molar-refractivity contribution in [2.75, 3.05) is 5.32 Å². The maximum atomic E-state index is 12.4. The Kier molecular flexibility index (Phi) is 5.85. The SMILES string of the molecule is O=C(/C=C/c1ccccc1)Nc1cccc(S(=O)(=O)NCc2ccco2)c1. The second-order valence-electron chi connectivity index (χ2n) is 5.67. The molecule has 138 valence electrons. The van der Waals surface area contributed by atoms with Gasteiger partial charge in [0.1, 0.15) is 5.76 Å². The molecule has 0 aliphatic rings. The molecule has 0 saturated carbocycles. The predicted molar refractivity (Wildman–Crippen MR) is 103 cm³/mol. The highest BCUT2D eigenvalue weighted by molar-refractivity contribution is 7.89. The maximum absolute atomic E-state index is 12.4. The maximum Gasteiger partial charge on any atom is 0.248 e. The largest absolute Gasteiger partial charge is 0.468 e. The van der Waals surface area contributed by atoms with Gasteiger partial charge in [0.25, 0.3) is 0 Å². The van der Waals surface area contributed by atoms with Crippen LogP contribution in [-0.4, -0.2) is 14.3 Å². The van der Waals surface area contributed by atoms with Crippen LogP contribution in [0, 0.1) is 0 Å². The van der Waals surface area contributed by atoms with Gasteiger partial charge >= 0.3 is 0 Å². The van der Waals surface area contributed by atoms with Crippen LogP contribution in [-0.2, 0) is 21.4 Å². The normalized spacial score (nSPS) is 11.6. The topological polar surface area (TPSA) is 88.4 Å². The van der Waals surface area contributed by atoms with Crippen LogP contribution in [0.15, 0.2) is 88.4 Å².